The summed E-state index contributed by atoms with van der Waals surface area (Å²) >= 11 is 1.86. The molecule has 0 aliphatic carbocycles. The van der Waals surface area contributed by atoms with Crippen LogP contribution in [0.5, 0.6) is 0 Å². The number of hydrogen-bond acceptors (Lipinski definition) is 3. The van der Waals surface area contributed by atoms with Crippen LogP contribution >= 0.6 is 11.8 Å². The zero-order valence-electron chi connectivity index (χ0n) is 9.72. The second kappa shape index (κ2) is 5.62. The minimum atomic E-state index is -0.774. The summed E-state index contributed by atoms with van der Waals surface area (Å²) in [6, 6.07) is 0.274. The van der Waals surface area contributed by atoms with E-state index in [1.165, 1.54) is 0 Å². The molecule has 2 atom stereocenters. The molecule has 6 heteroatoms. The maximum atomic E-state index is 11.9. The minimum Gasteiger partial charge on any atom is -0.481 e. The zero-order valence-corrected chi connectivity index (χ0v) is 10.5. The van der Waals surface area contributed by atoms with Crippen LogP contribution in [-0.2, 0) is 4.79 Å². The van der Waals surface area contributed by atoms with Crippen LogP contribution in [0.1, 0.15) is 19.3 Å². The number of urea groups is 1. The Morgan fingerprint density at radius 3 is 2.88 bits per heavy atom. The van der Waals surface area contributed by atoms with Crippen LogP contribution in [0.3, 0.4) is 0 Å². The maximum Gasteiger partial charge on any atom is 0.317 e. The summed E-state index contributed by atoms with van der Waals surface area (Å²) in [5.74, 6) is 1.46. The third kappa shape index (κ3) is 3.52. The number of nitrogens with one attached hydrogen (secondary N) is 1. The summed E-state index contributed by atoms with van der Waals surface area (Å²) < 4.78 is 0. The molecule has 0 radical (unpaired) electrons. The lowest BCUT2D eigenvalue weighted by molar-refractivity contribution is -0.138. The molecule has 0 aromatic rings. The SMILES string of the molecule is O=C(O)CC1CCN(C(=O)NC2CCSC2)C1. The Kier molecular flexibility index (Phi) is 4.15. The van der Waals surface area contributed by atoms with Crippen LogP contribution < -0.4 is 5.32 Å². The van der Waals surface area contributed by atoms with Gasteiger partial charge in [0.05, 0.1) is 0 Å². The predicted molar refractivity (Wildman–Crippen MR) is 66.2 cm³/mol. The predicted octanol–water partition coefficient (Wildman–Crippen LogP) is 0.998. The number of amides is 2. The van der Waals surface area contributed by atoms with Gasteiger partial charge in [0.2, 0.25) is 0 Å². The molecule has 17 heavy (non-hydrogen) atoms. The molecule has 0 spiro atoms. The Hall–Kier alpha value is -0.910. The molecule has 2 fully saturated rings. The molecular formula is C11H18N2O3S. The van der Waals surface area contributed by atoms with Crippen molar-refractivity contribution in [2.24, 2.45) is 5.92 Å². The highest BCUT2D eigenvalue weighted by atomic mass is 32.2. The summed E-state index contributed by atoms with van der Waals surface area (Å²) in [7, 11) is 0. The van der Waals surface area contributed by atoms with Gasteiger partial charge in [0.15, 0.2) is 0 Å². The number of likely N-dealkylation sites (tertiary alicyclic amines) is 1. The second-order valence-corrected chi connectivity index (χ2v) is 5.86. The lowest BCUT2D eigenvalue weighted by Gasteiger charge is -2.20. The van der Waals surface area contributed by atoms with E-state index < -0.39 is 5.97 Å². The first-order chi connectivity index (χ1) is 8.15. The number of aliphatic carboxylic acids is 1. The van der Waals surface area contributed by atoms with E-state index in [1.54, 1.807) is 4.90 Å². The zero-order chi connectivity index (χ0) is 12.3. The van der Waals surface area contributed by atoms with Crippen molar-refractivity contribution < 1.29 is 14.7 Å². The van der Waals surface area contributed by atoms with Crippen molar-refractivity contribution in [2.45, 2.75) is 25.3 Å². The molecule has 0 bridgehead atoms. The number of thioether (sulfide) groups is 1. The fourth-order valence-corrected chi connectivity index (χ4v) is 3.50. The van der Waals surface area contributed by atoms with Gasteiger partial charge < -0.3 is 15.3 Å². The van der Waals surface area contributed by atoms with Crippen molar-refractivity contribution in [3.8, 4) is 0 Å². The molecule has 2 heterocycles. The molecule has 2 unspecified atom stereocenters. The van der Waals surface area contributed by atoms with Crippen LogP contribution in [-0.4, -0.2) is 52.6 Å². The molecule has 2 aliphatic heterocycles. The lowest BCUT2D eigenvalue weighted by atomic mass is 10.1. The Morgan fingerprint density at radius 2 is 2.24 bits per heavy atom. The molecule has 2 rings (SSSR count). The number of hydrogen-bond donors (Lipinski definition) is 2. The van der Waals surface area contributed by atoms with Gasteiger partial charge in [-0.05, 0) is 24.5 Å². The van der Waals surface area contributed by atoms with Crippen molar-refractivity contribution in [3.05, 3.63) is 0 Å². The molecule has 0 saturated carbocycles. The molecule has 2 N–H and O–H groups in total. The highest BCUT2D eigenvalue weighted by Crippen LogP contribution is 2.21. The van der Waals surface area contributed by atoms with E-state index in [1.807, 2.05) is 11.8 Å². The quantitative estimate of drug-likeness (QED) is 0.792. The van der Waals surface area contributed by atoms with E-state index in [-0.39, 0.29) is 18.4 Å². The fraction of sp³-hybridized carbons (Fsp3) is 0.818. The number of carbonyl (C=O) groups excluding carboxylic acids is 1. The van der Waals surface area contributed by atoms with Gasteiger partial charge in [0, 0.05) is 31.3 Å². The van der Waals surface area contributed by atoms with Gasteiger partial charge >= 0.3 is 12.0 Å². The van der Waals surface area contributed by atoms with Gasteiger partial charge in [0.1, 0.15) is 0 Å². The Morgan fingerprint density at radius 1 is 1.41 bits per heavy atom. The van der Waals surface area contributed by atoms with Gasteiger partial charge in [-0.15, -0.1) is 0 Å². The first-order valence-corrected chi connectivity index (χ1v) is 7.15. The van der Waals surface area contributed by atoms with E-state index >= 15 is 0 Å². The van der Waals surface area contributed by atoms with Crippen LogP contribution in [0.25, 0.3) is 0 Å². The van der Waals surface area contributed by atoms with E-state index in [0.29, 0.717) is 19.1 Å². The number of carboxylic acid groups (broad SMARTS) is 1. The van der Waals surface area contributed by atoms with Crippen LogP contribution in [0.4, 0.5) is 4.79 Å². The number of rotatable bonds is 3. The van der Waals surface area contributed by atoms with Gasteiger partial charge in [-0.1, -0.05) is 0 Å². The first-order valence-electron chi connectivity index (χ1n) is 6.00. The Bertz CT molecular complexity index is 305. The van der Waals surface area contributed by atoms with E-state index in [0.717, 1.165) is 24.3 Å². The average molecular weight is 258 g/mol. The van der Waals surface area contributed by atoms with E-state index in [4.69, 9.17) is 5.11 Å². The molecular weight excluding hydrogens is 240 g/mol. The van der Waals surface area contributed by atoms with Gasteiger partial charge in [-0.25, -0.2) is 4.79 Å². The summed E-state index contributed by atoms with van der Waals surface area (Å²) in [5.41, 5.74) is 0. The standard InChI is InChI=1S/C11H18N2O3S/c14-10(15)5-8-1-3-13(6-8)11(16)12-9-2-4-17-7-9/h8-9H,1-7H2,(H,12,16)(H,14,15). The van der Waals surface area contributed by atoms with Gasteiger partial charge in [-0.3, -0.25) is 4.79 Å². The third-order valence-corrected chi connectivity index (χ3v) is 4.46. The van der Waals surface area contributed by atoms with E-state index in [9.17, 15) is 9.59 Å². The lowest BCUT2D eigenvalue weighted by Crippen LogP contribution is -2.44. The normalized spacial score (nSPS) is 28.4. The highest BCUT2D eigenvalue weighted by Gasteiger charge is 2.29. The molecule has 0 aromatic carbocycles. The van der Waals surface area contributed by atoms with Crippen LogP contribution in [0.2, 0.25) is 0 Å². The van der Waals surface area contributed by atoms with Crippen LogP contribution in [0.15, 0.2) is 0 Å². The third-order valence-electron chi connectivity index (χ3n) is 3.29. The molecule has 2 amide bonds. The highest BCUT2D eigenvalue weighted by molar-refractivity contribution is 7.99. The fourth-order valence-electron chi connectivity index (χ4n) is 2.34. The van der Waals surface area contributed by atoms with Gasteiger partial charge in [0.25, 0.3) is 0 Å². The summed E-state index contributed by atoms with van der Waals surface area (Å²) in [6.07, 6.45) is 2.02. The van der Waals surface area contributed by atoms with Crippen molar-refractivity contribution >= 4 is 23.8 Å². The smallest absolute Gasteiger partial charge is 0.317 e. The number of carbonyl (C=O) groups is 2. The van der Waals surface area contributed by atoms with Crippen LogP contribution in [0, 0.1) is 5.92 Å². The summed E-state index contributed by atoms with van der Waals surface area (Å²) in [5, 5.41) is 11.7. The molecule has 0 aromatic heterocycles. The Balaban J connectivity index is 1.75. The minimum absolute atomic E-state index is 0.0228. The second-order valence-electron chi connectivity index (χ2n) is 4.71. The summed E-state index contributed by atoms with van der Waals surface area (Å²) in [4.78, 5) is 24.2. The molecule has 2 saturated heterocycles. The van der Waals surface area contributed by atoms with Gasteiger partial charge in [-0.2, -0.15) is 11.8 Å². The average Bonchev–Trinajstić information content (AvgIpc) is 2.87. The number of carboxylic acids is 1. The van der Waals surface area contributed by atoms with Crippen molar-refractivity contribution in [3.63, 3.8) is 0 Å². The molecule has 2 aliphatic rings. The van der Waals surface area contributed by atoms with E-state index in [2.05, 4.69) is 5.32 Å². The molecule has 5 nitrogen and oxygen atoms in total. The largest absolute Gasteiger partial charge is 0.481 e. The van der Waals surface area contributed by atoms with Crippen molar-refractivity contribution in [1.29, 1.82) is 0 Å². The van der Waals surface area contributed by atoms with Crippen molar-refractivity contribution in [2.75, 3.05) is 24.6 Å². The first kappa shape index (κ1) is 12.5. The number of nitrogens with zero attached hydrogens (tertiary/aromatic N) is 1. The summed E-state index contributed by atoms with van der Waals surface area (Å²) in [6.45, 7) is 1.27. The van der Waals surface area contributed by atoms with Crippen molar-refractivity contribution in [1.82, 2.24) is 10.2 Å². The molecule has 96 valence electrons. The maximum absolute atomic E-state index is 11.9. The Labute approximate surface area is 105 Å². The monoisotopic (exact) mass is 258 g/mol. The topological polar surface area (TPSA) is 69.6 Å².